The standard InChI is InChI=1S/C15H21NO3S/c1-10-7-8-20(17,18)14-6-4-11-3-5-12(19-2)9-13(11)15(14)16-10/h3,5,9-10,14-16H,4,6-8H2,1-2H3. The second-order valence-corrected chi connectivity index (χ2v) is 8.18. The molecule has 3 atom stereocenters. The van der Waals surface area contributed by atoms with Crippen LogP contribution in [0.2, 0.25) is 0 Å². The zero-order chi connectivity index (χ0) is 14.3. The van der Waals surface area contributed by atoms with Crippen molar-refractivity contribution < 1.29 is 13.2 Å². The summed E-state index contributed by atoms with van der Waals surface area (Å²) >= 11 is 0. The number of rotatable bonds is 1. The Hall–Kier alpha value is -1.07. The fourth-order valence-electron chi connectivity index (χ4n) is 3.35. The Morgan fingerprint density at radius 2 is 2.10 bits per heavy atom. The molecule has 1 aromatic carbocycles. The molecule has 1 aromatic rings. The van der Waals surface area contributed by atoms with E-state index in [1.807, 2.05) is 12.1 Å². The van der Waals surface area contributed by atoms with E-state index in [4.69, 9.17) is 4.74 Å². The normalized spacial score (nSPS) is 31.8. The predicted octanol–water partition coefficient (Wildman–Crippen LogP) is 1.85. The van der Waals surface area contributed by atoms with Crippen molar-refractivity contribution >= 4 is 9.84 Å². The van der Waals surface area contributed by atoms with Crippen LogP contribution in [-0.4, -0.2) is 32.6 Å². The Bertz CT molecular complexity index is 612. The van der Waals surface area contributed by atoms with Gasteiger partial charge in [0.25, 0.3) is 0 Å². The maximum Gasteiger partial charge on any atom is 0.155 e. The molecule has 3 rings (SSSR count). The molecule has 20 heavy (non-hydrogen) atoms. The van der Waals surface area contributed by atoms with E-state index in [0.29, 0.717) is 18.6 Å². The Morgan fingerprint density at radius 3 is 2.85 bits per heavy atom. The summed E-state index contributed by atoms with van der Waals surface area (Å²) in [6.45, 7) is 2.06. The Balaban J connectivity index is 2.08. The summed E-state index contributed by atoms with van der Waals surface area (Å²) in [6.07, 6.45) is 2.23. The molecule has 0 spiro atoms. The van der Waals surface area contributed by atoms with Gasteiger partial charge in [-0.25, -0.2) is 8.42 Å². The van der Waals surface area contributed by atoms with Gasteiger partial charge >= 0.3 is 0 Å². The molecule has 0 bridgehead atoms. The minimum atomic E-state index is -3.02. The molecule has 110 valence electrons. The molecule has 1 aliphatic heterocycles. The average molecular weight is 295 g/mol. The summed E-state index contributed by atoms with van der Waals surface area (Å²) in [5.74, 6) is 1.09. The summed E-state index contributed by atoms with van der Waals surface area (Å²) in [6, 6.07) is 6.13. The highest BCUT2D eigenvalue weighted by Crippen LogP contribution is 2.38. The van der Waals surface area contributed by atoms with Crippen molar-refractivity contribution in [3.8, 4) is 5.75 Å². The van der Waals surface area contributed by atoms with Crippen LogP contribution >= 0.6 is 0 Å². The molecule has 4 nitrogen and oxygen atoms in total. The molecule has 1 fully saturated rings. The lowest BCUT2D eigenvalue weighted by Gasteiger charge is -2.33. The number of aryl methyl sites for hydroxylation is 1. The van der Waals surface area contributed by atoms with Crippen molar-refractivity contribution in [2.45, 2.75) is 43.5 Å². The number of sulfone groups is 1. The molecule has 1 aliphatic carbocycles. The molecule has 1 N–H and O–H groups in total. The number of hydrogen-bond acceptors (Lipinski definition) is 4. The lowest BCUT2D eigenvalue weighted by molar-refractivity contribution is 0.400. The van der Waals surface area contributed by atoms with Crippen molar-refractivity contribution in [3.63, 3.8) is 0 Å². The third kappa shape index (κ3) is 2.33. The molecule has 1 heterocycles. The van der Waals surface area contributed by atoms with E-state index in [1.54, 1.807) is 7.11 Å². The molecule has 2 aliphatic rings. The van der Waals surface area contributed by atoms with Gasteiger partial charge in [-0.05, 0) is 49.4 Å². The van der Waals surface area contributed by atoms with Gasteiger partial charge in [0.1, 0.15) is 5.75 Å². The van der Waals surface area contributed by atoms with E-state index < -0.39 is 9.84 Å². The molecule has 3 unspecified atom stereocenters. The highest BCUT2D eigenvalue weighted by atomic mass is 32.2. The van der Waals surface area contributed by atoms with E-state index in [1.165, 1.54) is 5.56 Å². The van der Waals surface area contributed by atoms with Gasteiger partial charge in [0.05, 0.1) is 18.1 Å². The fraction of sp³-hybridized carbons (Fsp3) is 0.600. The summed E-state index contributed by atoms with van der Waals surface area (Å²) in [4.78, 5) is 0. The minimum Gasteiger partial charge on any atom is -0.497 e. The summed E-state index contributed by atoms with van der Waals surface area (Å²) < 4.78 is 30.2. The lowest BCUT2D eigenvalue weighted by atomic mass is 9.86. The summed E-state index contributed by atoms with van der Waals surface area (Å²) in [5.41, 5.74) is 2.33. The molecule has 0 saturated carbocycles. The average Bonchev–Trinajstić information content (AvgIpc) is 2.55. The Kier molecular flexibility index (Phi) is 3.50. The second-order valence-electron chi connectivity index (χ2n) is 5.84. The van der Waals surface area contributed by atoms with Crippen LogP contribution in [0, 0.1) is 0 Å². The highest BCUT2D eigenvalue weighted by molar-refractivity contribution is 7.92. The van der Waals surface area contributed by atoms with Gasteiger partial charge in [0, 0.05) is 12.1 Å². The number of benzene rings is 1. The van der Waals surface area contributed by atoms with Crippen molar-refractivity contribution in [1.29, 1.82) is 0 Å². The smallest absolute Gasteiger partial charge is 0.155 e. The SMILES string of the molecule is COc1ccc2c(c1)C1NC(C)CCS(=O)(=O)C1CC2. The zero-order valence-corrected chi connectivity index (χ0v) is 12.7. The van der Waals surface area contributed by atoms with Crippen LogP contribution in [0.4, 0.5) is 0 Å². The van der Waals surface area contributed by atoms with Crippen molar-refractivity contribution in [2.75, 3.05) is 12.9 Å². The molecule has 1 saturated heterocycles. The van der Waals surface area contributed by atoms with Gasteiger partial charge < -0.3 is 10.1 Å². The van der Waals surface area contributed by atoms with Crippen LogP contribution in [0.15, 0.2) is 18.2 Å². The second kappa shape index (κ2) is 5.04. The van der Waals surface area contributed by atoms with Gasteiger partial charge in [0.2, 0.25) is 0 Å². The van der Waals surface area contributed by atoms with E-state index in [-0.39, 0.29) is 17.3 Å². The van der Waals surface area contributed by atoms with Crippen LogP contribution < -0.4 is 10.1 Å². The molecular weight excluding hydrogens is 274 g/mol. The van der Waals surface area contributed by atoms with E-state index in [2.05, 4.69) is 18.3 Å². The number of hydrogen-bond donors (Lipinski definition) is 1. The monoisotopic (exact) mass is 295 g/mol. The lowest BCUT2D eigenvalue weighted by Crippen LogP contribution is -2.40. The van der Waals surface area contributed by atoms with Crippen molar-refractivity contribution in [2.24, 2.45) is 0 Å². The fourth-order valence-corrected chi connectivity index (χ4v) is 5.45. The number of methoxy groups -OCH3 is 1. The van der Waals surface area contributed by atoms with Crippen LogP contribution in [-0.2, 0) is 16.3 Å². The van der Waals surface area contributed by atoms with Crippen LogP contribution in [0.1, 0.15) is 36.9 Å². The van der Waals surface area contributed by atoms with Gasteiger partial charge in [0.15, 0.2) is 9.84 Å². The first-order chi connectivity index (χ1) is 9.51. The van der Waals surface area contributed by atoms with Crippen LogP contribution in [0.3, 0.4) is 0 Å². The largest absolute Gasteiger partial charge is 0.497 e. The third-order valence-electron chi connectivity index (χ3n) is 4.52. The summed E-state index contributed by atoms with van der Waals surface area (Å²) in [5, 5.41) is 3.21. The van der Waals surface area contributed by atoms with Crippen molar-refractivity contribution in [1.82, 2.24) is 5.32 Å². The van der Waals surface area contributed by atoms with Gasteiger partial charge in [-0.2, -0.15) is 0 Å². The highest BCUT2D eigenvalue weighted by Gasteiger charge is 2.40. The Morgan fingerprint density at radius 1 is 1.30 bits per heavy atom. The molecule has 0 aromatic heterocycles. The number of fused-ring (bicyclic) bond motifs is 3. The molecule has 0 amide bonds. The quantitative estimate of drug-likeness (QED) is 0.859. The predicted molar refractivity (Wildman–Crippen MR) is 78.8 cm³/mol. The van der Waals surface area contributed by atoms with Crippen LogP contribution in [0.5, 0.6) is 5.75 Å². The molecule has 5 heteroatoms. The molecule has 0 radical (unpaired) electrons. The topological polar surface area (TPSA) is 55.4 Å². The van der Waals surface area contributed by atoms with Crippen LogP contribution in [0.25, 0.3) is 0 Å². The van der Waals surface area contributed by atoms with Gasteiger partial charge in [-0.15, -0.1) is 0 Å². The van der Waals surface area contributed by atoms with E-state index >= 15 is 0 Å². The number of ether oxygens (including phenoxy) is 1. The first-order valence-electron chi connectivity index (χ1n) is 7.15. The Labute approximate surface area is 120 Å². The van der Waals surface area contributed by atoms with Crippen molar-refractivity contribution in [3.05, 3.63) is 29.3 Å². The first kappa shape index (κ1) is 13.9. The maximum atomic E-state index is 12.5. The summed E-state index contributed by atoms with van der Waals surface area (Å²) in [7, 11) is -1.38. The molecular formula is C15H21NO3S. The zero-order valence-electron chi connectivity index (χ0n) is 11.9. The minimum absolute atomic E-state index is 0.101. The van der Waals surface area contributed by atoms with Gasteiger partial charge in [-0.1, -0.05) is 6.07 Å². The van der Waals surface area contributed by atoms with E-state index in [9.17, 15) is 8.42 Å². The third-order valence-corrected chi connectivity index (χ3v) is 6.75. The van der Waals surface area contributed by atoms with E-state index in [0.717, 1.165) is 17.7 Å². The first-order valence-corrected chi connectivity index (χ1v) is 8.87. The number of nitrogens with one attached hydrogen (secondary N) is 1. The maximum absolute atomic E-state index is 12.5. The van der Waals surface area contributed by atoms with Gasteiger partial charge in [-0.3, -0.25) is 0 Å².